The molecular weight excluding hydrogens is 502 g/mol. The zero-order chi connectivity index (χ0) is 25.5. The molecule has 3 aromatic rings. The standard InChI is InChI=1S/C26H26Cl2F3NO3/c1-4-34-25(33)15-5-6-18(10-15)35-23-8-7-21(27)20(24(23)28)13-17-12-19-14(2)9-16(26(29,30)31)11-22(19)32(17)3/h7-9,11-12,15,18H,4-6,10,13H2,1-3H3/t15-,18-/m1/s1. The van der Waals surface area contributed by atoms with Crippen LogP contribution in [-0.4, -0.2) is 23.2 Å². The molecule has 2 aromatic carbocycles. The second-order valence-electron chi connectivity index (χ2n) is 8.94. The van der Waals surface area contributed by atoms with Crippen LogP contribution in [0, 0.1) is 12.8 Å². The highest BCUT2D eigenvalue weighted by Gasteiger charge is 2.33. The molecule has 0 radical (unpaired) electrons. The van der Waals surface area contributed by atoms with E-state index in [-0.39, 0.29) is 18.0 Å². The zero-order valence-corrected chi connectivity index (χ0v) is 21.2. The average molecular weight is 528 g/mol. The van der Waals surface area contributed by atoms with Crippen LogP contribution < -0.4 is 4.74 Å². The van der Waals surface area contributed by atoms with Crippen molar-refractivity contribution in [2.45, 2.75) is 51.8 Å². The monoisotopic (exact) mass is 527 g/mol. The summed E-state index contributed by atoms with van der Waals surface area (Å²) in [6, 6.07) is 7.59. The van der Waals surface area contributed by atoms with Crippen LogP contribution in [-0.2, 0) is 29.2 Å². The summed E-state index contributed by atoms with van der Waals surface area (Å²) in [5.74, 6) is 0.0715. The predicted octanol–water partition coefficient (Wildman–Crippen LogP) is 7.51. The van der Waals surface area contributed by atoms with Gasteiger partial charge in [0.2, 0.25) is 0 Å². The van der Waals surface area contributed by atoms with Crippen molar-refractivity contribution in [3.8, 4) is 5.75 Å². The molecule has 35 heavy (non-hydrogen) atoms. The molecule has 2 atom stereocenters. The van der Waals surface area contributed by atoms with Crippen molar-refractivity contribution < 1.29 is 27.4 Å². The molecule has 0 N–H and O–H groups in total. The van der Waals surface area contributed by atoms with Gasteiger partial charge in [-0.3, -0.25) is 4.79 Å². The van der Waals surface area contributed by atoms with Gasteiger partial charge in [-0.15, -0.1) is 0 Å². The molecule has 1 saturated carbocycles. The summed E-state index contributed by atoms with van der Waals surface area (Å²) in [6.07, 6.45) is -2.32. The van der Waals surface area contributed by atoms with E-state index < -0.39 is 11.7 Å². The van der Waals surface area contributed by atoms with Gasteiger partial charge in [-0.1, -0.05) is 23.2 Å². The maximum atomic E-state index is 13.3. The molecule has 0 aliphatic heterocycles. The maximum absolute atomic E-state index is 13.3. The van der Waals surface area contributed by atoms with Gasteiger partial charge in [-0.05, 0) is 74.6 Å². The molecule has 4 rings (SSSR count). The van der Waals surface area contributed by atoms with Gasteiger partial charge in [0, 0.05) is 35.1 Å². The number of ether oxygens (including phenoxy) is 2. The van der Waals surface area contributed by atoms with Gasteiger partial charge in [0.1, 0.15) is 5.75 Å². The molecule has 1 aromatic heterocycles. The summed E-state index contributed by atoms with van der Waals surface area (Å²) in [5, 5.41) is 1.54. The summed E-state index contributed by atoms with van der Waals surface area (Å²) in [7, 11) is 1.73. The molecule has 1 aliphatic carbocycles. The molecule has 0 amide bonds. The van der Waals surface area contributed by atoms with Crippen molar-refractivity contribution in [1.82, 2.24) is 4.57 Å². The molecule has 188 valence electrons. The summed E-state index contributed by atoms with van der Waals surface area (Å²) in [5.41, 5.74) is 1.75. The van der Waals surface area contributed by atoms with E-state index in [0.29, 0.717) is 64.7 Å². The summed E-state index contributed by atoms with van der Waals surface area (Å²) >= 11 is 13.2. The summed E-state index contributed by atoms with van der Waals surface area (Å²) in [4.78, 5) is 12.0. The predicted molar refractivity (Wildman–Crippen MR) is 130 cm³/mol. The van der Waals surface area contributed by atoms with Crippen molar-refractivity contribution in [2.24, 2.45) is 13.0 Å². The van der Waals surface area contributed by atoms with Gasteiger partial charge < -0.3 is 14.0 Å². The number of aromatic nitrogens is 1. The topological polar surface area (TPSA) is 40.5 Å². The first-order valence-corrected chi connectivity index (χ1v) is 12.2. The number of hydrogen-bond acceptors (Lipinski definition) is 3. The van der Waals surface area contributed by atoms with Gasteiger partial charge in [0.05, 0.1) is 29.2 Å². The summed E-state index contributed by atoms with van der Waals surface area (Å²) in [6.45, 7) is 3.79. The number of nitrogens with zero attached hydrogens (tertiary/aromatic N) is 1. The van der Waals surface area contributed by atoms with Gasteiger partial charge in [0.15, 0.2) is 0 Å². The Morgan fingerprint density at radius 3 is 2.60 bits per heavy atom. The number of benzene rings is 2. The fourth-order valence-corrected chi connectivity index (χ4v) is 5.26. The lowest BCUT2D eigenvalue weighted by atomic mass is 10.1. The Hall–Kier alpha value is -2.38. The van der Waals surface area contributed by atoms with E-state index in [9.17, 15) is 18.0 Å². The fraction of sp³-hybridized carbons (Fsp3) is 0.423. The smallest absolute Gasteiger partial charge is 0.416 e. The number of aryl methyl sites for hydroxylation is 2. The molecule has 0 saturated heterocycles. The molecule has 4 nitrogen and oxygen atoms in total. The lowest BCUT2D eigenvalue weighted by molar-refractivity contribution is -0.148. The summed E-state index contributed by atoms with van der Waals surface area (Å²) < 4.78 is 52.9. The lowest BCUT2D eigenvalue weighted by Crippen LogP contribution is -2.18. The highest BCUT2D eigenvalue weighted by molar-refractivity contribution is 6.37. The highest BCUT2D eigenvalue weighted by atomic mass is 35.5. The largest absolute Gasteiger partial charge is 0.489 e. The van der Waals surface area contributed by atoms with Gasteiger partial charge in [0.25, 0.3) is 0 Å². The lowest BCUT2D eigenvalue weighted by Gasteiger charge is -2.18. The Morgan fingerprint density at radius 2 is 1.91 bits per heavy atom. The molecule has 0 unspecified atom stereocenters. The minimum absolute atomic E-state index is 0.169. The van der Waals surface area contributed by atoms with Crippen LogP contribution in [0.4, 0.5) is 13.2 Å². The number of alkyl halides is 3. The normalized spacial score (nSPS) is 18.3. The van der Waals surface area contributed by atoms with Crippen LogP contribution in [0.2, 0.25) is 10.0 Å². The first-order valence-electron chi connectivity index (χ1n) is 11.5. The quantitative estimate of drug-likeness (QED) is 0.311. The van der Waals surface area contributed by atoms with Crippen LogP contribution in [0.3, 0.4) is 0 Å². The third-order valence-corrected chi connectivity index (χ3v) is 7.37. The third-order valence-electron chi connectivity index (χ3n) is 6.60. The number of rotatable bonds is 6. The minimum Gasteiger partial charge on any atom is -0.489 e. The number of carbonyl (C=O) groups is 1. The maximum Gasteiger partial charge on any atom is 0.416 e. The van der Waals surface area contributed by atoms with E-state index in [1.54, 1.807) is 37.6 Å². The Kier molecular flexibility index (Phi) is 7.30. The first kappa shape index (κ1) is 25.7. The van der Waals surface area contributed by atoms with Crippen molar-refractivity contribution in [3.63, 3.8) is 0 Å². The first-order chi connectivity index (χ1) is 16.5. The number of carbonyl (C=O) groups excluding carboxylic acids is 1. The van der Waals surface area contributed by atoms with Crippen molar-refractivity contribution in [3.05, 3.63) is 62.8 Å². The Labute approximate surface area is 211 Å². The molecule has 9 heteroatoms. The van der Waals surface area contributed by atoms with Gasteiger partial charge in [-0.25, -0.2) is 0 Å². The van der Waals surface area contributed by atoms with Crippen molar-refractivity contribution in [1.29, 1.82) is 0 Å². The molecule has 1 aliphatic rings. The second-order valence-corrected chi connectivity index (χ2v) is 9.72. The Bertz CT molecular complexity index is 1270. The van der Waals surface area contributed by atoms with Crippen LogP contribution >= 0.6 is 23.2 Å². The van der Waals surface area contributed by atoms with Crippen molar-refractivity contribution in [2.75, 3.05) is 6.61 Å². The van der Waals surface area contributed by atoms with Crippen LogP contribution in [0.5, 0.6) is 5.75 Å². The molecule has 0 spiro atoms. The number of fused-ring (bicyclic) bond motifs is 1. The van der Waals surface area contributed by atoms with E-state index in [2.05, 4.69) is 0 Å². The van der Waals surface area contributed by atoms with E-state index in [4.69, 9.17) is 32.7 Å². The fourth-order valence-electron chi connectivity index (χ4n) is 4.71. The average Bonchev–Trinajstić information content (AvgIpc) is 3.38. The van der Waals surface area contributed by atoms with Gasteiger partial charge >= 0.3 is 12.1 Å². The molecule has 1 heterocycles. The Morgan fingerprint density at radius 1 is 1.17 bits per heavy atom. The van der Waals surface area contributed by atoms with Crippen molar-refractivity contribution >= 4 is 40.1 Å². The molecular formula is C26H26Cl2F3NO3. The molecule has 1 fully saturated rings. The Balaban J connectivity index is 1.60. The van der Waals surface area contributed by atoms with E-state index in [1.165, 1.54) is 0 Å². The van der Waals surface area contributed by atoms with Crippen LogP contribution in [0.15, 0.2) is 30.3 Å². The minimum atomic E-state index is -4.42. The molecule has 0 bridgehead atoms. The van der Waals surface area contributed by atoms with E-state index in [0.717, 1.165) is 23.2 Å². The second kappa shape index (κ2) is 9.94. The number of esters is 1. The van der Waals surface area contributed by atoms with E-state index >= 15 is 0 Å². The SMILES string of the molecule is CCOC(=O)[C@@H]1CC[C@@H](Oc2ccc(Cl)c(Cc3cc4c(C)cc(C(F)(F)F)cc4n3C)c2Cl)C1. The highest BCUT2D eigenvalue weighted by Crippen LogP contribution is 2.39. The third kappa shape index (κ3) is 5.26. The number of hydrogen-bond donors (Lipinski definition) is 0. The van der Waals surface area contributed by atoms with Crippen LogP contribution in [0.1, 0.15) is 48.6 Å². The van der Waals surface area contributed by atoms with Crippen LogP contribution in [0.25, 0.3) is 10.9 Å². The van der Waals surface area contributed by atoms with E-state index in [1.807, 2.05) is 6.07 Å². The number of halogens is 5. The zero-order valence-electron chi connectivity index (χ0n) is 19.6. The van der Waals surface area contributed by atoms with Gasteiger partial charge in [-0.2, -0.15) is 13.2 Å².